The summed E-state index contributed by atoms with van der Waals surface area (Å²) in [4.78, 5) is 0. The third-order valence-corrected chi connectivity index (χ3v) is 4.97. The fourth-order valence-corrected chi connectivity index (χ4v) is 3.32. The van der Waals surface area contributed by atoms with Gasteiger partial charge in [-0.15, -0.1) is 0 Å². The maximum atomic E-state index is 6.06. The number of nitrogens with one attached hydrogen (secondary N) is 1. The van der Waals surface area contributed by atoms with Crippen LogP contribution in [0, 0.1) is 0 Å². The molecule has 0 radical (unpaired) electrons. The largest absolute Gasteiger partial charge is 0.310 e. The first-order valence-corrected chi connectivity index (χ1v) is 9.87. The van der Waals surface area contributed by atoms with Crippen molar-refractivity contribution in [3.8, 4) is 0 Å². The summed E-state index contributed by atoms with van der Waals surface area (Å²) in [7, 11) is 0. The summed E-state index contributed by atoms with van der Waals surface area (Å²) in [6, 6.07) is 26.8. The van der Waals surface area contributed by atoms with Crippen LogP contribution in [0.5, 0.6) is 0 Å². The van der Waals surface area contributed by atoms with Gasteiger partial charge >= 0.3 is 0 Å². The predicted molar refractivity (Wildman–Crippen MR) is 118 cm³/mol. The fourth-order valence-electron chi connectivity index (χ4n) is 3.06. The Kier molecular flexibility index (Phi) is 7.11. The predicted octanol–water partition coefficient (Wildman–Crippen LogP) is 6.65. The molecule has 0 fully saturated rings. The standard InChI is InChI=1S/C24H23Cl2N/c1-18(17-19-5-3-2-4-6-19)27-16-15-24(20-7-11-22(25)12-8-20)21-9-13-23(26)14-10-21/h2-15,18,27H,16-17H2,1H3. The van der Waals surface area contributed by atoms with Crippen molar-refractivity contribution in [1.29, 1.82) is 0 Å². The maximum Gasteiger partial charge on any atom is 0.0406 e. The van der Waals surface area contributed by atoms with Crippen LogP contribution in [0.4, 0.5) is 0 Å². The molecule has 138 valence electrons. The smallest absolute Gasteiger partial charge is 0.0406 e. The van der Waals surface area contributed by atoms with Crippen molar-refractivity contribution < 1.29 is 0 Å². The van der Waals surface area contributed by atoms with Crippen molar-refractivity contribution in [3.05, 3.63) is 112 Å². The van der Waals surface area contributed by atoms with Crippen LogP contribution in [0.2, 0.25) is 10.0 Å². The molecule has 0 spiro atoms. The van der Waals surface area contributed by atoms with Gasteiger partial charge in [0.1, 0.15) is 0 Å². The molecule has 3 rings (SSSR count). The monoisotopic (exact) mass is 395 g/mol. The van der Waals surface area contributed by atoms with Gasteiger partial charge in [-0.05, 0) is 59.9 Å². The number of hydrogen-bond donors (Lipinski definition) is 1. The lowest BCUT2D eigenvalue weighted by molar-refractivity contribution is 0.581. The summed E-state index contributed by atoms with van der Waals surface area (Å²) >= 11 is 12.1. The van der Waals surface area contributed by atoms with E-state index in [1.165, 1.54) is 11.1 Å². The molecule has 1 atom stereocenters. The lowest BCUT2D eigenvalue weighted by atomic mass is 9.97. The SMILES string of the molecule is CC(Cc1ccccc1)NCC=C(c1ccc(Cl)cc1)c1ccc(Cl)cc1. The van der Waals surface area contributed by atoms with Crippen LogP contribution in [0.15, 0.2) is 84.9 Å². The van der Waals surface area contributed by atoms with E-state index in [2.05, 4.69) is 72.9 Å². The van der Waals surface area contributed by atoms with Crippen LogP contribution in [-0.2, 0) is 6.42 Å². The third kappa shape index (κ3) is 5.97. The van der Waals surface area contributed by atoms with Crippen molar-refractivity contribution in [2.45, 2.75) is 19.4 Å². The second-order valence-electron chi connectivity index (χ2n) is 6.63. The summed E-state index contributed by atoms with van der Waals surface area (Å²) in [5.74, 6) is 0. The molecule has 0 saturated heterocycles. The van der Waals surface area contributed by atoms with Gasteiger partial charge in [0.25, 0.3) is 0 Å². The van der Waals surface area contributed by atoms with Crippen LogP contribution < -0.4 is 5.32 Å². The van der Waals surface area contributed by atoms with Crippen molar-refractivity contribution in [1.82, 2.24) is 5.32 Å². The van der Waals surface area contributed by atoms with Gasteiger partial charge in [-0.25, -0.2) is 0 Å². The highest BCUT2D eigenvalue weighted by atomic mass is 35.5. The van der Waals surface area contributed by atoms with Crippen LogP contribution in [-0.4, -0.2) is 12.6 Å². The highest BCUT2D eigenvalue weighted by Gasteiger charge is 2.07. The molecule has 0 bridgehead atoms. The molecule has 3 aromatic carbocycles. The molecule has 1 nitrogen and oxygen atoms in total. The molecule has 0 aliphatic heterocycles. The van der Waals surface area contributed by atoms with E-state index in [0.29, 0.717) is 6.04 Å². The van der Waals surface area contributed by atoms with E-state index < -0.39 is 0 Å². The normalized spacial score (nSPS) is 11.8. The minimum absolute atomic E-state index is 0.389. The minimum atomic E-state index is 0.389. The van der Waals surface area contributed by atoms with E-state index in [1.54, 1.807) is 0 Å². The molecule has 1 unspecified atom stereocenters. The quantitative estimate of drug-likeness (QED) is 0.472. The zero-order valence-electron chi connectivity index (χ0n) is 15.3. The summed E-state index contributed by atoms with van der Waals surface area (Å²) in [5.41, 5.74) is 4.79. The highest BCUT2D eigenvalue weighted by Crippen LogP contribution is 2.25. The van der Waals surface area contributed by atoms with Gasteiger partial charge < -0.3 is 5.32 Å². The number of halogens is 2. The molecular formula is C24H23Cl2N. The van der Waals surface area contributed by atoms with Gasteiger partial charge in [0.2, 0.25) is 0 Å². The van der Waals surface area contributed by atoms with Gasteiger partial charge in [0.15, 0.2) is 0 Å². The fraction of sp³-hybridized carbons (Fsp3) is 0.167. The molecule has 3 heteroatoms. The minimum Gasteiger partial charge on any atom is -0.310 e. The van der Waals surface area contributed by atoms with E-state index in [-0.39, 0.29) is 0 Å². The van der Waals surface area contributed by atoms with E-state index in [1.807, 2.05) is 24.3 Å². The van der Waals surface area contributed by atoms with E-state index in [0.717, 1.165) is 34.1 Å². The van der Waals surface area contributed by atoms with Crippen molar-refractivity contribution in [2.75, 3.05) is 6.54 Å². The number of rotatable bonds is 7. The Morgan fingerprint density at radius 1 is 0.815 bits per heavy atom. The highest BCUT2D eigenvalue weighted by molar-refractivity contribution is 6.31. The first kappa shape index (κ1) is 19.7. The Morgan fingerprint density at radius 2 is 1.33 bits per heavy atom. The summed E-state index contributed by atoms with van der Waals surface area (Å²) < 4.78 is 0. The van der Waals surface area contributed by atoms with Gasteiger partial charge in [-0.2, -0.15) is 0 Å². The zero-order chi connectivity index (χ0) is 19.1. The summed E-state index contributed by atoms with van der Waals surface area (Å²) in [6.45, 7) is 3.00. The number of benzene rings is 3. The Bertz CT molecular complexity index is 821. The second kappa shape index (κ2) is 9.75. The lowest BCUT2D eigenvalue weighted by Crippen LogP contribution is -2.28. The second-order valence-corrected chi connectivity index (χ2v) is 7.50. The van der Waals surface area contributed by atoms with Crippen molar-refractivity contribution >= 4 is 28.8 Å². The van der Waals surface area contributed by atoms with E-state index in [4.69, 9.17) is 23.2 Å². The average Bonchev–Trinajstić information content (AvgIpc) is 2.68. The van der Waals surface area contributed by atoms with E-state index >= 15 is 0 Å². The topological polar surface area (TPSA) is 12.0 Å². The Balaban J connectivity index is 1.74. The van der Waals surface area contributed by atoms with Gasteiger partial charge in [-0.3, -0.25) is 0 Å². The van der Waals surface area contributed by atoms with Crippen molar-refractivity contribution in [3.63, 3.8) is 0 Å². The molecule has 0 aliphatic rings. The first-order valence-electron chi connectivity index (χ1n) is 9.11. The molecule has 1 N–H and O–H groups in total. The molecule has 27 heavy (non-hydrogen) atoms. The third-order valence-electron chi connectivity index (χ3n) is 4.47. The molecule has 0 aromatic heterocycles. The van der Waals surface area contributed by atoms with Crippen LogP contribution in [0.3, 0.4) is 0 Å². The van der Waals surface area contributed by atoms with Gasteiger partial charge in [-0.1, -0.05) is 83.9 Å². The van der Waals surface area contributed by atoms with Gasteiger partial charge in [0.05, 0.1) is 0 Å². The molecule has 0 saturated carbocycles. The molecule has 3 aromatic rings. The molecule has 0 aliphatic carbocycles. The van der Waals surface area contributed by atoms with Crippen LogP contribution >= 0.6 is 23.2 Å². The zero-order valence-corrected chi connectivity index (χ0v) is 16.8. The number of hydrogen-bond acceptors (Lipinski definition) is 1. The Labute approximate surface area is 171 Å². The maximum absolute atomic E-state index is 6.06. The average molecular weight is 396 g/mol. The van der Waals surface area contributed by atoms with Crippen LogP contribution in [0.25, 0.3) is 5.57 Å². The molecule has 0 heterocycles. The lowest BCUT2D eigenvalue weighted by Gasteiger charge is -2.14. The van der Waals surface area contributed by atoms with Crippen molar-refractivity contribution in [2.24, 2.45) is 0 Å². The van der Waals surface area contributed by atoms with Gasteiger partial charge in [0, 0.05) is 22.6 Å². The first-order chi connectivity index (χ1) is 13.1. The van der Waals surface area contributed by atoms with E-state index in [9.17, 15) is 0 Å². The summed E-state index contributed by atoms with van der Waals surface area (Å²) in [5, 5.41) is 5.07. The Hall–Kier alpha value is -2.06. The Morgan fingerprint density at radius 3 is 1.85 bits per heavy atom. The summed E-state index contributed by atoms with van der Waals surface area (Å²) in [6.07, 6.45) is 3.24. The molecular weight excluding hydrogens is 373 g/mol. The van der Waals surface area contributed by atoms with Crippen LogP contribution in [0.1, 0.15) is 23.6 Å². The molecule has 0 amide bonds.